The fourth-order valence-electron chi connectivity index (χ4n) is 1.90. The molecule has 0 aliphatic carbocycles. The van der Waals surface area contributed by atoms with E-state index in [0.29, 0.717) is 0 Å². The Morgan fingerprint density at radius 3 is 0.955 bits per heavy atom. The summed E-state index contributed by atoms with van der Waals surface area (Å²) >= 11 is 0. The lowest BCUT2D eigenvalue weighted by Gasteiger charge is -2.33. The van der Waals surface area contributed by atoms with E-state index in [2.05, 4.69) is 0 Å². The maximum Gasteiger partial charge on any atom is 0.303 e. The zero-order chi connectivity index (χ0) is 17.4. The third-order valence-corrected chi connectivity index (χ3v) is 2.56. The van der Waals surface area contributed by atoms with Crippen molar-refractivity contribution in [3.63, 3.8) is 0 Å². The molecule has 0 radical (unpaired) electrons. The van der Waals surface area contributed by atoms with E-state index in [1.165, 1.54) is 27.7 Å². The second-order valence-electron chi connectivity index (χ2n) is 4.78. The third-order valence-electron chi connectivity index (χ3n) is 2.56. The first-order chi connectivity index (χ1) is 10.0. The average Bonchev–Trinajstić information content (AvgIpc) is 2.30. The molecule has 8 nitrogen and oxygen atoms in total. The molecule has 0 fully saturated rings. The number of rotatable bonds is 7. The van der Waals surface area contributed by atoms with Gasteiger partial charge in [0.05, 0.1) is 0 Å². The summed E-state index contributed by atoms with van der Waals surface area (Å²) < 4.78 is 20.2. The summed E-state index contributed by atoms with van der Waals surface area (Å²) in [4.78, 5) is 44.7. The molecule has 0 spiro atoms. The monoisotopic (exact) mass is 318 g/mol. The normalized spacial score (nSPS) is 15.7. The highest BCUT2D eigenvalue weighted by molar-refractivity contribution is 5.68. The Balaban J connectivity index is 5.39. The molecule has 0 N–H and O–H groups in total. The Morgan fingerprint density at radius 1 is 0.545 bits per heavy atom. The summed E-state index contributed by atoms with van der Waals surface area (Å²) in [5, 5.41) is 0. The van der Waals surface area contributed by atoms with Gasteiger partial charge in [-0.3, -0.25) is 19.2 Å². The largest absolute Gasteiger partial charge is 0.459 e. The van der Waals surface area contributed by atoms with Crippen molar-refractivity contribution in [1.29, 1.82) is 0 Å². The first kappa shape index (κ1) is 19.9. The SMILES string of the molecule is CC(=O)O[C@H]([C@@H](OC(C)=O)[C@H](C)OC(C)=O)[C@H](C)OC(C)=O. The lowest BCUT2D eigenvalue weighted by Crippen LogP contribution is -2.49. The van der Waals surface area contributed by atoms with Gasteiger partial charge in [-0.2, -0.15) is 0 Å². The third kappa shape index (κ3) is 7.61. The van der Waals surface area contributed by atoms with Crippen LogP contribution in [0.4, 0.5) is 0 Å². The van der Waals surface area contributed by atoms with E-state index < -0.39 is 48.3 Å². The van der Waals surface area contributed by atoms with Gasteiger partial charge in [0, 0.05) is 27.7 Å². The fraction of sp³-hybridized carbons (Fsp3) is 0.714. The summed E-state index contributed by atoms with van der Waals surface area (Å²) in [6.45, 7) is 7.66. The van der Waals surface area contributed by atoms with Crippen molar-refractivity contribution < 1.29 is 38.1 Å². The van der Waals surface area contributed by atoms with Crippen molar-refractivity contribution in [3.05, 3.63) is 0 Å². The smallest absolute Gasteiger partial charge is 0.303 e. The minimum Gasteiger partial charge on any atom is -0.459 e. The van der Waals surface area contributed by atoms with Gasteiger partial charge < -0.3 is 18.9 Å². The van der Waals surface area contributed by atoms with Gasteiger partial charge in [0.15, 0.2) is 12.2 Å². The maximum absolute atomic E-state index is 11.3. The van der Waals surface area contributed by atoms with E-state index in [4.69, 9.17) is 18.9 Å². The van der Waals surface area contributed by atoms with Gasteiger partial charge in [-0.25, -0.2) is 0 Å². The molecule has 0 aliphatic rings. The van der Waals surface area contributed by atoms with Crippen LogP contribution in [0.25, 0.3) is 0 Å². The van der Waals surface area contributed by atoms with Crippen LogP contribution in [0.3, 0.4) is 0 Å². The first-order valence-corrected chi connectivity index (χ1v) is 6.73. The Kier molecular flexibility index (Phi) is 8.14. The molecule has 0 aromatic carbocycles. The quantitative estimate of drug-likeness (QED) is 0.500. The van der Waals surface area contributed by atoms with E-state index in [9.17, 15) is 19.2 Å². The molecule has 0 saturated heterocycles. The van der Waals surface area contributed by atoms with Gasteiger partial charge >= 0.3 is 23.9 Å². The molecule has 126 valence electrons. The standard InChI is InChI=1S/C14H22O8/c1-7(19-9(3)15)13(21-11(5)17)14(22-12(6)18)8(2)20-10(4)16/h7-8,13-14H,1-6H3/t7-,8-,13-,14-/m0/s1. The number of carbonyl (C=O) groups is 4. The van der Waals surface area contributed by atoms with E-state index in [1.807, 2.05) is 0 Å². The van der Waals surface area contributed by atoms with Crippen LogP contribution in [0.1, 0.15) is 41.5 Å². The highest BCUT2D eigenvalue weighted by Crippen LogP contribution is 2.18. The number of ether oxygens (including phenoxy) is 4. The molecule has 0 aliphatic heterocycles. The molecule has 8 heteroatoms. The Bertz CT molecular complexity index is 391. The van der Waals surface area contributed by atoms with Crippen LogP contribution in [-0.4, -0.2) is 48.3 Å². The van der Waals surface area contributed by atoms with Crippen molar-refractivity contribution in [2.24, 2.45) is 0 Å². The van der Waals surface area contributed by atoms with E-state index in [0.717, 1.165) is 13.8 Å². The van der Waals surface area contributed by atoms with Crippen molar-refractivity contribution >= 4 is 23.9 Å². The predicted octanol–water partition coefficient (Wildman–Crippen LogP) is 0.753. The summed E-state index contributed by atoms with van der Waals surface area (Å²) in [6, 6.07) is 0. The van der Waals surface area contributed by atoms with Crippen LogP contribution in [0, 0.1) is 0 Å². The van der Waals surface area contributed by atoms with Crippen LogP contribution in [0.2, 0.25) is 0 Å². The molecule has 0 rings (SSSR count). The van der Waals surface area contributed by atoms with E-state index in [-0.39, 0.29) is 0 Å². The van der Waals surface area contributed by atoms with Crippen molar-refractivity contribution in [2.45, 2.75) is 66.0 Å². The molecule has 0 saturated carbocycles. The van der Waals surface area contributed by atoms with Gasteiger partial charge in [0.25, 0.3) is 0 Å². The van der Waals surface area contributed by atoms with Gasteiger partial charge in [0.2, 0.25) is 0 Å². The topological polar surface area (TPSA) is 105 Å². The lowest BCUT2D eigenvalue weighted by atomic mass is 10.0. The molecule has 0 amide bonds. The number of carbonyl (C=O) groups excluding carboxylic acids is 4. The van der Waals surface area contributed by atoms with Crippen LogP contribution >= 0.6 is 0 Å². The predicted molar refractivity (Wildman–Crippen MR) is 73.6 cm³/mol. The Labute approximate surface area is 129 Å². The fourth-order valence-corrected chi connectivity index (χ4v) is 1.90. The van der Waals surface area contributed by atoms with Crippen molar-refractivity contribution in [3.8, 4) is 0 Å². The molecule has 0 aromatic heterocycles. The second-order valence-corrected chi connectivity index (χ2v) is 4.78. The van der Waals surface area contributed by atoms with Gasteiger partial charge in [-0.15, -0.1) is 0 Å². The second kappa shape index (κ2) is 9.01. The summed E-state index contributed by atoms with van der Waals surface area (Å²) in [7, 11) is 0. The van der Waals surface area contributed by atoms with Gasteiger partial charge in [-0.05, 0) is 13.8 Å². The highest BCUT2D eigenvalue weighted by atomic mass is 16.6. The van der Waals surface area contributed by atoms with E-state index in [1.54, 1.807) is 0 Å². The zero-order valence-electron chi connectivity index (χ0n) is 13.6. The molecule has 4 atom stereocenters. The lowest BCUT2D eigenvalue weighted by molar-refractivity contribution is -0.195. The molecule has 0 bridgehead atoms. The Hall–Kier alpha value is -2.12. The number of hydrogen-bond donors (Lipinski definition) is 0. The number of hydrogen-bond acceptors (Lipinski definition) is 8. The Morgan fingerprint density at radius 2 is 0.773 bits per heavy atom. The molecule has 0 heterocycles. The highest BCUT2D eigenvalue weighted by Gasteiger charge is 2.39. The maximum atomic E-state index is 11.3. The summed E-state index contributed by atoms with van der Waals surface area (Å²) in [5.41, 5.74) is 0. The minimum absolute atomic E-state index is 0.591. The van der Waals surface area contributed by atoms with Crippen molar-refractivity contribution in [2.75, 3.05) is 0 Å². The van der Waals surface area contributed by atoms with Crippen LogP contribution < -0.4 is 0 Å². The average molecular weight is 318 g/mol. The number of esters is 4. The summed E-state index contributed by atoms with van der Waals surface area (Å²) in [5.74, 6) is -2.50. The van der Waals surface area contributed by atoms with Crippen molar-refractivity contribution in [1.82, 2.24) is 0 Å². The van der Waals surface area contributed by atoms with Gasteiger partial charge in [0.1, 0.15) is 12.2 Å². The van der Waals surface area contributed by atoms with E-state index >= 15 is 0 Å². The first-order valence-electron chi connectivity index (χ1n) is 6.73. The molecular weight excluding hydrogens is 296 g/mol. The minimum atomic E-state index is -1.11. The summed E-state index contributed by atoms with van der Waals surface area (Å²) in [6.07, 6.45) is -4.02. The molecular formula is C14H22O8. The van der Waals surface area contributed by atoms with Crippen LogP contribution in [0.15, 0.2) is 0 Å². The molecule has 0 aromatic rings. The van der Waals surface area contributed by atoms with Crippen LogP contribution in [-0.2, 0) is 38.1 Å². The van der Waals surface area contributed by atoms with Gasteiger partial charge in [-0.1, -0.05) is 0 Å². The zero-order valence-corrected chi connectivity index (χ0v) is 13.6. The molecule has 22 heavy (non-hydrogen) atoms. The van der Waals surface area contributed by atoms with Crippen LogP contribution in [0.5, 0.6) is 0 Å². The molecule has 0 unspecified atom stereocenters.